The lowest BCUT2D eigenvalue weighted by Crippen LogP contribution is -2.22. The Kier molecular flexibility index (Phi) is 4.71. The summed E-state index contributed by atoms with van der Waals surface area (Å²) < 4.78 is 41.0. The topological polar surface area (TPSA) is 98.1 Å². The van der Waals surface area contributed by atoms with Crippen LogP contribution in [0.25, 0.3) is 5.69 Å². The van der Waals surface area contributed by atoms with Crippen LogP contribution < -0.4 is 5.32 Å². The Labute approximate surface area is 188 Å². The van der Waals surface area contributed by atoms with Crippen LogP contribution in [-0.4, -0.2) is 29.9 Å². The Balaban J connectivity index is 1.52. The number of anilines is 1. The van der Waals surface area contributed by atoms with E-state index in [0.717, 1.165) is 0 Å². The van der Waals surface area contributed by atoms with Crippen molar-refractivity contribution in [3.05, 3.63) is 101 Å². The molecule has 0 atom stereocenters. The first-order valence-corrected chi connectivity index (χ1v) is 11.4. The number of aryl methyl sites for hydroxylation is 1. The molecule has 9 heteroatoms. The zero-order valence-corrected chi connectivity index (χ0v) is 18.1. The van der Waals surface area contributed by atoms with Gasteiger partial charge in [0.05, 0.1) is 21.2 Å². The second-order valence-corrected chi connectivity index (χ2v) is 9.44. The van der Waals surface area contributed by atoms with Gasteiger partial charge in [-0.25, -0.2) is 17.5 Å². The molecule has 5 rings (SSSR count). The monoisotopic (exact) mass is 461 g/mol. The summed E-state index contributed by atoms with van der Waals surface area (Å²) in [4.78, 5) is 25.5. The second-order valence-electron chi connectivity index (χ2n) is 7.55. The van der Waals surface area contributed by atoms with E-state index >= 15 is 0 Å². The lowest BCUT2D eigenvalue weighted by atomic mass is 10.0. The molecule has 164 valence electrons. The fraction of sp³-hybridized carbons (Fsp3) is 0.0417. The van der Waals surface area contributed by atoms with E-state index < -0.39 is 27.3 Å². The number of amides is 1. The molecule has 0 aliphatic carbocycles. The second kappa shape index (κ2) is 7.49. The number of fused-ring (bicyclic) bond motifs is 2. The van der Waals surface area contributed by atoms with Crippen LogP contribution in [0.15, 0.2) is 82.6 Å². The largest absolute Gasteiger partial charge is 0.306 e. The van der Waals surface area contributed by atoms with Gasteiger partial charge in [-0.3, -0.25) is 9.59 Å². The van der Waals surface area contributed by atoms with Crippen molar-refractivity contribution in [3.63, 3.8) is 0 Å². The predicted octanol–water partition coefficient (Wildman–Crippen LogP) is 3.95. The number of hydrogen-bond acceptors (Lipinski definition) is 5. The normalized spacial score (nSPS) is 13.8. The highest BCUT2D eigenvalue weighted by Crippen LogP contribution is 2.35. The number of sulfone groups is 1. The number of ketones is 1. The molecule has 3 aromatic carbocycles. The maximum absolute atomic E-state index is 13.3. The molecular formula is C24H16FN3O4S. The Bertz CT molecular complexity index is 1560. The molecule has 1 aliphatic heterocycles. The zero-order chi connectivity index (χ0) is 23.3. The van der Waals surface area contributed by atoms with Gasteiger partial charge in [-0.15, -0.1) is 0 Å². The lowest BCUT2D eigenvalue weighted by Gasteiger charge is -2.19. The summed E-state index contributed by atoms with van der Waals surface area (Å²) in [6, 6.07) is 17.2. The molecule has 0 fully saturated rings. The minimum Gasteiger partial charge on any atom is -0.306 e. The highest BCUT2D eigenvalue weighted by Gasteiger charge is 2.35. The minimum atomic E-state index is -3.97. The van der Waals surface area contributed by atoms with Crippen molar-refractivity contribution in [3.8, 4) is 5.69 Å². The molecule has 0 unspecified atom stereocenters. The summed E-state index contributed by atoms with van der Waals surface area (Å²) in [6.07, 6.45) is 0. The molecular weight excluding hydrogens is 445 g/mol. The first kappa shape index (κ1) is 20.8. The SMILES string of the molecule is Cc1cc(NC(=O)c2ccc3c(c2)S(=O)(=O)c2ccccc2C3=O)n(-c2ccc(F)cc2)n1. The van der Waals surface area contributed by atoms with Gasteiger partial charge in [-0.2, -0.15) is 5.10 Å². The number of nitrogens with zero attached hydrogens (tertiary/aromatic N) is 2. The van der Waals surface area contributed by atoms with Gasteiger partial charge < -0.3 is 5.32 Å². The first-order chi connectivity index (χ1) is 15.8. The Morgan fingerprint density at radius 2 is 1.64 bits per heavy atom. The summed E-state index contributed by atoms with van der Waals surface area (Å²) in [5, 5.41) is 7.04. The van der Waals surface area contributed by atoms with Crippen molar-refractivity contribution < 1.29 is 22.4 Å². The molecule has 1 aromatic heterocycles. The van der Waals surface area contributed by atoms with Crippen molar-refractivity contribution in [2.75, 3.05) is 5.32 Å². The third kappa shape index (κ3) is 3.42. The predicted molar refractivity (Wildman–Crippen MR) is 118 cm³/mol. The van der Waals surface area contributed by atoms with E-state index in [9.17, 15) is 22.4 Å². The van der Waals surface area contributed by atoms with Gasteiger partial charge in [-0.05, 0) is 61.5 Å². The van der Waals surface area contributed by atoms with Crippen LogP contribution in [-0.2, 0) is 9.84 Å². The number of halogens is 1. The molecule has 1 aliphatic rings. The standard InChI is InChI=1S/C24H16FN3O4S/c1-14-12-22(28(27-14)17-9-7-16(25)8-10-17)26-24(30)15-6-11-19-21(13-15)33(31,32)20-5-3-2-4-18(20)23(19)29/h2-13H,1H3,(H,26,30). The molecule has 0 saturated heterocycles. The smallest absolute Gasteiger partial charge is 0.256 e. The van der Waals surface area contributed by atoms with E-state index in [2.05, 4.69) is 10.4 Å². The summed E-state index contributed by atoms with van der Waals surface area (Å²) >= 11 is 0. The number of nitrogens with one attached hydrogen (secondary N) is 1. The quantitative estimate of drug-likeness (QED) is 0.439. The molecule has 0 saturated carbocycles. The maximum Gasteiger partial charge on any atom is 0.256 e. The average Bonchev–Trinajstić information content (AvgIpc) is 3.17. The summed E-state index contributed by atoms with van der Waals surface area (Å²) in [6.45, 7) is 1.74. The highest BCUT2D eigenvalue weighted by atomic mass is 32.2. The molecule has 33 heavy (non-hydrogen) atoms. The molecule has 1 amide bonds. The van der Waals surface area contributed by atoms with E-state index in [-0.39, 0.29) is 26.5 Å². The van der Waals surface area contributed by atoms with Crippen molar-refractivity contribution in [2.45, 2.75) is 16.7 Å². The van der Waals surface area contributed by atoms with Gasteiger partial charge in [0.25, 0.3) is 5.91 Å². The van der Waals surface area contributed by atoms with Gasteiger partial charge in [0.15, 0.2) is 5.78 Å². The molecule has 0 bridgehead atoms. The lowest BCUT2D eigenvalue weighted by molar-refractivity contribution is 0.101. The number of carbonyl (C=O) groups is 2. The van der Waals surface area contributed by atoms with Crippen LogP contribution in [0.5, 0.6) is 0 Å². The fourth-order valence-corrected chi connectivity index (χ4v) is 5.46. The number of hydrogen-bond donors (Lipinski definition) is 1. The number of benzene rings is 3. The number of aromatic nitrogens is 2. The van der Waals surface area contributed by atoms with Crippen LogP contribution in [0.1, 0.15) is 32.0 Å². The van der Waals surface area contributed by atoms with Gasteiger partial charge in [-0.1, -0.05) is 12.1 Å². The van der Waals surface area contributed by atoms with Crippen LogP contribution in [0.4, 0.5) is 10.2 Å². The van der Waals surface area contributed by atoms with Crippen LogP contribution in [0.2, 0.25) is 0 Å². The van der Waals surface area contributed by atoms with Crippen molar-refractivity contribution in [1.82, 2.24) is 9.78 Å². The summed E-state index contributed by atoms with van der Waals surface area (Å²) in [5.41, 5.74) is 1.35. The Hall–Kier alpha value is -4.11. The first-order valence-electron chi connectivity index (χ1n) is 9.92. The van der Waals surface area contributed by atoms with Gasteiger partial charge in [0.2, 0.25) is 9.84 Å². The van der Waals surface area contributed by atoms with Crippen molar-refractivity contribution in [2.24, 2.45) is 0 Å². The molecule has 4 aromatic rings. The molecule has 0 radical (unpaired) electrons. The van der Waals surface area contributed by atoms with Crippen LogP contribution in [0.3, 0.4) is 0 Å². The van der Waals surface area contributed by atoms with E-state index in [0.29, 0.717) is 17.2 Å². The Morgan fingerprint density at radius 3 is 2.39 bits per heavy atom. The zero-order valence-electron chi connectivity index (χ0n) is 17.2. The number of rotatable bonds is 3. The van der Waals surface area contributed by atoms with E-state index in [1.807, 2.05) is 0 Å². The molecule has 2 heterocycles. The Morgan fingerprint density at radius 1 is 0.939 bits per heavy atom. The van der Waals surface area contributed by atoms with E-state index in [1.54, 1.807) is 25.1 Å². The van der Waals surface area contributed by atoms with Crippen molar-refractivity contribution >= 4 is 27.3 Å². The van der Waals surface area contributed by atoms with Gasteiger partial charge in [0.1, 0.15) is 11.6 Å². The highest BCUT2D eigenvalue weighted by molar-refractivity contribution is 7.91. The summed E-state index contributed by atoms with van der Waals surface area (Å²) in [7, 11) is -3.97. The third-order valence-corrected chi connectivity index (χ3v) is 7.20. The van der Waals surface area contributed by atoms with Crippen LogP contribution in [0, 0.1) is 12.7 Å². The van der Waals surface area contributed by atoms with Crippen LogP contribution >= 0.6 is 0 Å². The van der Waals surface area contributed by atoms with Gasteiger partial charge in [0, 0.05) is 22.8 Å². The fourth-order valence-electron chi connectivity index (χ4n) is 3.78. The molecule has 0 spiro atoms. The van der Waals surface area contributed by atoms with E-state index in [1.165, 1.54) is 59.3 Å². The van der Waals surface area contributed by atoms with Gasteiger partial charge >= 0.3 is 0 Å². The molecule has 7 nitrogen and oxygen atoms in total. The minimum absolute atomic E-state index is 0.0254. The average molecular weight is 461 g/mol. The summed E-state index contributed by atoms with van der Waals surface area (Å²) in [5.74, 6) is -1.07. The maximum atomic E-state index is 13.3. The number of carbonyl (C=O) groups excluding carboxylic acids is 2. The van der Waals surface area contributed by atoms with Crippen molar-refractivity contribution in [1.29, 1.82) is 0 Å². The molecule has 1 N–H and O–H groups in total. The third-order valence-electron chi connectivity index (χ3n) is 5.34. The van der Waals surface area contributed by atoms with E-state index in [4.69, 9.17) is 0 Å².